The van der Waals surface area contributed by atoms with Gasteiger partial charge in [-0.1, -0.05) is 97.9 Å². The van der Waals surface area contributed by atoms with Gasteiger partial charge in [-0.2, -0.15) is 0 Å². The Bertz CT molecular complexity index is 743. The molecule has 0 fully saturated rings. The monoisotopic (exact) mass is 330 g/mol. The second-order valence-electron chi connectivity index (χ2n) is 6.01. The fourth-order valence-electron chi connectivity index (χ4n) is 3.01. The molecule has 1 atom stereocenters. The van der Waals surface area contributed by atoms with Gasteiger partial charge >= 0.3 is 5.97 Å². The van der Waals surface area contributed by atoms with Crippen molar-refractivity contribution < 1.29 is 9.53 Å². The molecule has 0 spiro atoms. The lowest BCUT2D eigenvalue weighted by Gasteiger charge is -2.22. The van der Waals surface area contributed by atoms with Crippen LogP contribution in [0.4, 0.5) is 0 Å². The smallest absolute Gasteiger partial charge is 0.314 e. The molecule has 0 saturated carbocycles. The van der Waals surface area contributed by atoms with E-state index in [-0.39, 0.29) is 11.9 Å². The molecule has 0 aromatic heterocycles. The van der Waals surface area contributed by atoms with E-state index in [1.165, 1.54) is 0 Å². The Balaban J connectivity index is 1.88. The molecule has 0 N–H and O–H groups in total. The Hall–Kier alpha value is -2.87. The number of esters is 1. The summed E-state index contributed by atoms with van der Waals surface area (Å²) in [5.74, 6) is -0.442. The summed E-state index contributed by atoms with van der Waals surface area (Å²) in [7, 11) is 0. The predicted octanol–water partition coefficient (Wildman–Crippen LogP) is 5.51. The van der Waals surface area contributed by atoms with Crippen molar-refractivity contribution in [1.29, 1.82) is 0 Å². The number of carbonyl (C=O) groups is 1. The predicted molar refractivity (Wildman–Crippen MR) is 100 cm³/mol. The van der Waals surface area contributed by atoms with Gasteiger partial charge in [-0.15, -0.1) is 0 Å². The van der Waals surface area contributed by atoms with Gasteiger partial charge in [0.1, 0.15) is 0 Å². The van der Waals surface area contributed by atoms with Gasteiger partial charge in [-0.3, -0.25) is 4.79 Å². The summed E-state index contributed by atoms with van der Waals surface area (Å²) in [5, 5.41) is 0. The van der Waals surface area contributed by atoms with Crippen molar-refractivity contribution in [1.82, 2.24) is 0 Å². The fraction of sp³-hybridized carbons (Fsp3) is 0.174. The molecule has 0 saturated heterocycles. The molecule has 0 unspecified atom stereocenters. The van der Waals surface area contributed by atoms with Gasteiger partial charge in [0.15, 0.2) is 6.10 Å². The molecule has 0 amide bonds. The maximum atomic E-state index is 12.9. The van der Waals surface area contributed by atoms with Crippen molar-refractivity contribution in [3.05, 3.63) is 108 Å². The van der Waals surface area contributed by atoms with E-state index < -0.39 is 6.10 Å². The van der Waals surface area contributed by atoms with Crippen LogP contribution in [0.1, 0.15) is 42.1 Å². The van der Waals surface area contributed by atoms with Crippen LogP contribution in [0.3, 0.4) is 0 Å². The third-order valence-corrected chi connectivity index (χ3v) is 4.33. The standard InChI is InChI=1S/C23H22O2/c1-2-21(18-12-6-3-7-13-18)23(24)25-22(19-14-8-4-9-15-19)20-16-10-5-11-17-20/h3-17,21-22H,2H2,1H3/t21-/m1/s1. The summed E-state index contributed by atoms with van der Waals surface area (Å²) in [4.78, 5) is 12.9. The van der Waals surface area contributed by atoms with Gasteiger partial charge in [0.05, 0.1) is 5.92 Å². The Morgan fingerprint density at radius 1 is 0.720 bits per heavy atom. The van der Waals surface area contributed by atoms with Crippen LogP contribution in [0, 0.1) is 0 Å². The lowest BCUT2D eigenvalue weighted by atomic mass is 9.96. The van der Waals surface area contributed by atoms with Crippen LogP contribution >= 0.6 is 0 Å². The number of hydrogen-bond donors (Lipinski definition) is 0. The maximum Gasteiger partial charge on any atom is 0.314 e. The van der Waals surface area contributed by atoms with E-state index in [1.54, 1.807) is 0 Å². The fourth-order valence-corrected chi connectivity index (χ4v) is 3.01. The zero-order valence-corrected chi connectivity index (χ0v) is 14.3. The molecule has 0 bridgehead atoms. The molecule has 2 heteroatoms. The van der Waals surface area contributed by atoms with Gasteiger partial charge in [0.25, 0.3) is 0 Å². The minimum Gasteiger partial charge on any atom is -0.452 e. The quantitative estimate of drug-likeness (QED) is 0.557. The van der Waals surface area contributed by atoms with Gasteiger partial charge in [0, 0.05) is 0 Å². The van der Waals surface area contributed by atoms with E-state index in [4.69, 9.17) is 4.74 Å². The average Bonchev–Trinajstić information content (AvgIpc) is 2.69. The van der Waals surface area contributed by atoms with Crippen LogP contribution < -0.4 is 0 Å². The summed E-state index contributed by atoms with van der Waals surface area (Å²) in [6.07, 6.45) is 0.312. The van der Waals surface area contributed by atoms with Gasteiger partial charge in [-0.25, -0.2) is 0 Å². The second-order valence-corrected chi connectivity index (χ2v) is 6.01. The molecular weight excluding hydrogens is 308 g/mol. The lowest BCUT2D eigenvalue weighted by molar-refractivity contribution is -0.149. The molecule has 0 heterocycles. The maximum absolute atomic E-state index is 12.9. The highest BCUT2D eigenvalue weighted by atomic mass is 16.5. The molecule has 2 nitrogen and oxygen atoms in total. The summed E-state index contributed by atoms with van der Waals surface area (Å²) < 4.78 is 5.99. The van der Waals surface area contributed by atoms with Crippen molar-refractivity contribution in [2.45, 2.75) is 25.4 Å². The summed E-state index contributed by atoms with van der Waals surface area (Å²) in [6.45, 7) is 2.01. The van der Waals surface area contributed by atoms with E-state index in [1.807, 2.05) is 97.9 Å². The molecule has 126 valence electrons. The van der Waals surface area contributed by atoms with Crippen molar-refractivity contribution in [2.24, 2.45) is 0 Å². The zero-order valence-electron chi connectivity index (χ0n) is 14.3. The van der Waals surface area contributed by atoms with Crippen LogP contribution in [-0.2, 0) is 9.53 Å². The molecule has 3 rings (SSSR count). The molecule has 3 aromatic carbocycles. The first-order chi connectivity index (χ1) is 12.3. The normalized spacial score (nSPS) is 11.9. The van der Waals surface area contributed by atoms with Crippen LogP contribution in [0.25, 0.3) is 0 Å². The van der Waals surface area contributed by atoms with E-state index in [9.17, 15) is 4.79 Å². The van der Waals surface area contributed by atoms with Crippen molar-refractivity contribution in [3.8, 4) is 0 Å². The Labute approximate surface area is 149 Å². The molecule has 25 heavy (non-hydrogen) atoms. The molecule has 0 aliphatic rings. The van der Waals surface area contributed by atoms with Crippen LogP contribution in [0.5, 0.6) is 0 Å². The number of benzene rings is 3. The summed E-state index contributed by atoms with van der Waals surface area (Å²) in [6, 6.07) is 29.6. The Morgan fingerprint density at radius 3 is 1.52 bits per heavy atom. The van der Waals surface area contributed by atoms with Crippen molar-refractivity contribution in [2.75, 3.05) is 0 Å². The average molecular weight is 330 g/mol. The first-order valence-corrected chi connectivity index (χ1v) is 8.65. The van der Waals surface area contributed by atoms with Crippen LogP contribution in [0.2, 0.25) is 0 Å². The number of carbonyl (C=O) groups excluding carboxylic acids is 1. The zero-order chi connectivity index (χ0) is 17.5. The Kier molecular flexibility index (Phi) is 5.63. The summed E-state index contributed by atoms with van der Waals surface area (Å²) in [5.41, 5.74) is 2.95. The minimum absolute atomic E-state index is 0.189. The van der Waals surface area contributed by atoms with E-state index >= 15 is 0 Å². The van der Waals surface area contributed by atoms with Crippen molar-refractivity contribution >= 4 is 5.97 Å². The summed E-state index contributed by atoms with van der Waals surface area (Å²) >= 11 is 0. The molecule has 0 aliphatic carbocycles. The largest absolute Gasteiger partial charge is 0.452 e. The molecule has 0 aliphatic heterocycles. The molecular formula is C23H22O2. The minimum atomic E-state index is -0.396. The highest BCUT2D eigenvalue weighted by molar-refractivity contribution is 5.78. The molecule has 3 aromatic rings. The van der Waals surface area contributed by atoms with Crippen LogP contribution in [-0.4, -0.2) is 5.97 Å². The van der Waals surface area contributed by atoms with Crippen molar-refractivity contribution in [3.63, 3.8) is 0 Å². The number of rotatable bonds is 6. The lowest BCUT2D eigenvalue weighted by Crippen LogP contribution is -2.19. The third-order valence-electron chi connectivity index (χ3n) is 4.33. The topological polar surface area (TPSA) is 26.3 Å². The SMILES string of the molecule is CC[C@@H](C(=O)OC(c1ccccc1)c1ccccc1)c1ccccc1. The third kappa shape index (κ3) is 4.16. The van der Waals surface area contributed by atoms with Gasteiger partial charge in [-0.05, 0) is 23.1 Å². The second kappa shape index (κ2) is 8.29. The molecule has 0 radical (unpaired) electrons. The highest BCUT2D eigenvalue weighted by Crippen LogP contribution is 2.30. The van der Waals surface area contributed by atoms with Crippen LogP contribution in [0.15, 0.2) is 91.0 Å². The van der Waals surface area contributed by atoms with Gasteiger partial charge in [0.2, 0.25) is 0 Å². The number of ether oxygens (including phenoxy) is 1. The van der Waals surface area contributed by atoms with Gasteiger partial charge < -0.3 is 4.74 Å². The van der Waals surface area contributed by atoms with E-state index in [2.05, 4.69) is 0 Å². The van der Waals surface area contributed by atoms with E-state index in [0.29, 0.717) is 6.42 Å². The Morgan fingerprint density at radius 2 is 1.12 bits per heavy atom. The highest BCUT2D eigenvalue weighted by Gasteiger charge is 2.25. The van der Waals surface area contributed by atoms with E-state index in [0.717, 1.165) is 16.7 Å². The first kappa shape index (κ1) is 17.0. The first-order valence-electron chi connectivity index (χ1n) is 8.65. The number of hydrogen-bond acceptors (Lipinski definition) is 2.